The van der Waals surface area contributed by atoms with Gasteiger partial charge in [0.2, 0.25) is 0 Å². The van der Waals surface area contributed by atoms with Gasteiger partial charge in [-0.2, -0.15) is 0 Å². The average molecular weight is 379 g/mol. The monoisotopic (exact) mass is 379 g/mol. The number of hydrogen-bond acceptors (Lipinski definition) is 4. The largest absolute Gasteiger partial charge is 0.508 e. The van der Waals surface area contributed by atoms with Crippen LogP contribution >= 0.6 is 0 Å². The molecule has 0 bridgehead atoms. The molecule has 0 spiro atoms. The lowest BCUT2D eigenvalue weighted by molar-refractivity contribution is 0.0652. The molecule has 2 aromatic rings. The van der Waals surface area contributed by atoms with Gasteiger partial charge in [0.25, 0.3) is 11.8 Å². The van der Waals surface area contributed by atoms with E-state index in [1.165, 1.54) is 4.90 Å². The molecular weight excluding hydrogens is 354 g/mol. The van der Waals surface area contributed by atoms with Crippen LogP contribution in [0.25, 0.3) is 0 Å². The SMILES string of the molecule is CCC1(CCc2ccc3c(c2)C(=O)N(CCCc2cccc(O)c2)C3=O)CO1. The van der Waals surface area contributed by atoms with Crippen molar-refractivity contribution in [3.05, 3.63) is 64.7 Å². The summed E-state index contributed by atoms with van der Waals surface area (Å²) in [6.07, 6.45) is 4.16. The Labute approximate surface area is 164 Å². The molecule has 0 radical (unpaired) electrons. The summed E-state index contributed by atoms with van der Waals surface area (Å²) in [6, 6.07) is 12.7. The summed E-state index contributed by atoms with van der Waals surface area (Å²) in [6.45, 7) is 3.33. The fraction of sp³-hybridized carbons (Fsp3) is 0.391. The maximum absolute atomic E-state index is 12.8. The number of ether oxygens (including phenoxy) is 1. The number of amides is 2. The molecule has 0 aromatic heterocycles. The van der Waals surface area contributed by atoms with E-state index in [0.29, 0.717) is 30.5 Å². The number of carbonyl (C=O) groups is 2. The predicted octanol–water partition coefficient (Wildman–Crippen LogP) is 3.73. The van der Waals surface area contributed by atoms with Gasteiger partial charge in [0.05, 0.1) is 23.3 Å². The van der Waals surface area contributed by atoms with Crippen molar-refractivity contribution in [3.63, 3.8) is 0 Å². The summed E-state index contributed by atoms with van der Waals surface area (Å²) >= 11 is 0. The highest BCUT2D eigenvalue weighted by Gasteiger charge is 2.42. The number of nitrogens with zero attached hydrogens (tertiary/aromatic N) is 1. The van der Waals surface area contributed by atoms with Gasteiger partial charge in [-0.1, -0.05) is 25.1 Å². The lowest BCUT2D eigenvalue weighted by Crippen LogP contribution is -2.30. The van der Waals surface area contributed by atoms with Crippen LogP contribution < -0.4 is 0 Å². The van der Waals surface area contributed by atoms with Crippen molar-refractivity contribution in [2.75, 3.05) is 13.2 Å². The van der Waals surface area contributed by atoms with Crippen molar-refractivity contribution in [2.45, 2.75) is 44.6 Å². The van der Waals surface area contributed by atoms with Crippen LogP contribution in [0.5, 0.6) is 5.75 Å². The minimum absolute atomic E-state index is 0.0246. The van der Waals surface area contributed by atoms with Gasteiger partial charge in [0.1, 0.15) is 5.75 Å². The Kier molecular flexibility index (Phi) is 4.94. The van der Waals surface area contributed by atoms with E-state index in [-0.39, 0.29) is 23.2 Å². The van der Waals surface area contributed by atoms with Crippen LogP contribution in [0.1, 0.15) is 58.0 Å². The van der Waals surface area contributed by atoms with Gasteiger partial charge in [-0.15, -0.1) is 0 Å². The number of aryl methyl sites for hydroxylation is 2. The number of hydrogen-bond donors (Lipinski definition) is 1. The lowest BCUT2D eigenvalue weighted by Gasteiger charge is -2.13. The average Bonchev–Trinajstić information content (AvgIpc) is 3.45. The number of phenols is 1. The van der Waals surface area contributed by atoms with Gasteiger partial charge >= 0.3 is 0 Å². The molecule has 146 valence electrons. The molecule has 1 fully saturated rings. The van der Waals surface area contributed by atoms with E-state index in [2.05, 4.69) is 6.92 Å². The smallest absolute Gasteiger partial charge is 0.261 e. The lowest BCUT2D eigenvalue weighted by atomic mass is 9.96. The van der Waals surface area contributed by atoms with Gasteiger partial charge in [-0.3, -0.25) is 14.5 Å². The topological polar surface area (TPSA) is 70.1 Å². The van der Waals surface area contributed by atoms with E-state index in [4.69, 9.17) is 4.74 Å². The highest BCUT2D eigenvalue weighted by molar-refractivity contribution is 6.21. The minimum Gasteiger partial charge on any atom is -0.508 e. The third kappa shape index (κ3) is 3.67. The van der Waals surface area contributed by atoms with Gasteiger partial charge < -0.3 is 9.84 Å². The summed E-state index contributed by atoms with van der Waals surface area (Å²) in [5.41, 5.74) is 3.11. The third-order valence-electron chi connectivity index (χ3n) is 5.86. The third-order valence-corrected chi connectivity index (χ3v) is 5.86. The first-order valence-electron chi connectivity index (χ1n) is 9.92. The quantitative estimate of drug-likeness (QED) is 0.560. The van der Waals surface area contributed by atoms with Crippen LogP contribution in [-0.2, 0) is 17.6 Å². The first-order chi connectivity index (χ1) is 13.5. The molecule has 1 unspecified atom stereocenters. The van der Waals surface area contributed by atoms with Crippen LogP contribution in [-0.4, -0.2) is 40.6 Å². The van der Waals surface area contributed by atoms with Crippen LogP contribution in [0.4, 0.5) is 0 Å². The number of epoxide rings is 1. The van der Waals surface area contributed by atoms with Crippen molar-refractivity contribution in [2.24, 2.45) is 0 Å². The molecule has 1 atom stereocenters. The highest BCUT2D eigenvalue weighted by atomic mass is 16.6. The van der Waals surface area contributed by atoms with E-state index in [0.717, 1.165) is 37.0 Å². The first kappa shape index (κ1) is 18.7. The number of rotatable bonds is 8. The van der Waals surface area contributed by atoms with Gasteiger partial charge in [-0.05, 0) is 67.5 Å². The maximum atomic E-state index is 12.8. The highest BCUT2D eigenvalue weighted by Crippen LogP contribution is 2.36. The number of aromatic hydroxyl groups is 1. The van der Waals surface area contributed by atoms with Crippen LogP contribution in [0.3, 0.4) is 0 Å². The van der Waals surface area contributed by atoms with E-state index in [9.17, 15) is 14.7 Å². The number of fused-ring (bicyclic) bond motifs is 1. The minimum atomic E-state index is -0.210. The second kappa shape index (κ2) is 7.40. The van der Waals surface area contributed by atoms with Crippen molar-refractivity contribution < 1.29 is 19.4 Å². The number of phenolic OH excluding ortho intramolecular Hbond substituents is 1. The van der Waals surface area contributed by atoms with Crippen molar-refractivity contribution in [3.8, 4) is 5.75 Å². The van der Waals surface area contributed by atoms with Gasteiger partial charge in [0.15, 0.2) is 0 Å². The number of benzene rings is 2. The van der Waals surface area contributed by atoms with E-state index in [1.54, 1.807) is 24.3 Å². The molecule has 2 aliphatic heterocycles. The molecule has 2 aromatic carbocycles. The van der Waals surface area contributed by atoms with Crippen LogP contribution in [0.2, 0.25) is 0 Å². The molecule has 28 heavy (non-hydrogen) atoms. The van der Waals surface area contributed by atoms with E-state index >= 15 is 0 Å². The molecule has 5 nitrogen and oxygen atoms in total. The summed E-state index contributed by atoms with van der Waals surface area (Å²) in [7, 11) is 0. The Morgan fingerprint density at radius 1 is 1.04 bits per heavy atom. The summed E-state index contributed by atoms with van der Waals surface area (Å²) in [5.74, 6) is -0.184. The van der Waals surface area contributed by atoms with Gasteiger partial charge in [-0.25, -0.2) is 0 Å². The van der Waals surface area contributed by atoms with E-state index in [1.807, 2.05) is 18.2 Å². The van der Waals surface area contributed by atoms with Crippen LogP contribution in [0, 0.1) is 0 Å². The summed E-state index contributed by atoms with van der Waals surface area (Å²) in [4.78, 5) is 26.7. The Balaban J connectivity index is 1.39. The summed E-state index contributed by atoms with van der Waals surface area (Å²) in [5, 5.41) is 9.54. The second-order valence-corrected chi connectivity index (χ2v) is 7.74. The molecule has 2 heterocycles. The molecule has 2 amide bonds. The standard InChI is InChI=1S/C23H25NO4/c1-2-23(15-28-23)11-10-17-8-9-19-20(14-17)22(27)24(21(19)26)12-4-6-16-5-3-7-18(25)13-16/h3,5,7-9,13-14,25H,2,4,6,10-12,15H2,1H3. The maximum Gasteiger partial charge on any atom is 0.261 e. The van der Waals surface area contributed by atoms with Gasteiger partial charge in [0, 0.05) is 6.54 Å². The fourth-order valence-corrected chi connectivity index (χ4v) is 3.85. The Morgan fingerprint density at radius 3 is 2.50 bits per heavy atom. The van der Waals surface area contributed by atoms with E-state index < -0.39 is 0 Å². The molecule has 0 aliphatic carbocycles. The Hall–Kier alpha value is -2.66. The fourth-order valence-electron chi connectivity index (χ4n) is 3.85. The normalized spacial score (nSPS) is 20.5. The number of carbonyl (C=O) groups excluding carboxylic acids is 2. The molecule has 1 saturated heterocycles. The molecule has 2 aliphatic rings. The van der Waals surface area contributed by atoms with Crippen LogP contribution in [0.15, 0.2) is 42.5 Å². The Bertz CT molecular complexity index is 917. The predicted molar refractivity (Wildman–Crippen MR) is 106 cm³/mol. The van der Waals surface area contributed by atoms with Crippen molar-refractivity contribution in [1.29, 1.82) is 0 Å². The molecular formula is C23H25NO4. The first-order valence-corrected chi connectivity index (χ1v) is 9.92. The molecule has 5 heteroatoms. The van der Waals surface area contributed by atoms with Crippen molar-refractivity contribution >= 4 is 11.8 Å². The number of imide groups is 1. The second-order valence-electron chi connectivity index (χ2n) is 7.74. The molecule has 0 saturated carbocycles. The zero-order chi connectivity index (χ0) is 19.7. The zero-order valence-electron chi connectivity index (χ0n) is 16.1. The van der Waals surface area contributed by atoms with Crippen molar-refractivity contribution in [1.82, 2.24) is 4.90 Å². The molecule has 1 N–H and O–H groups in total. The zero-order valence-corrected chi connectivity index (χ0v) is 16.1. The molecule has 4 rings (SSSR count). The summed E-state index contributed by atoms with van der Waals surface area (Å²) < 4.78 is 5.56. The Morgan fingerprint density at radius 2 is 1.79 bits per heavy atom.